The van der Waals surface area contributed by atoms with Crippen molar-refractivity contribution in [3.05, 3.63) is 36.0 Å². The second-order valence-corrected chi connectivity index (χ2v) is 15.9. The molecule has 1 aliphatic carbocycles. The van der Waals surface area contributed by atoms with E-state index in [0.29, 0.717) is 18.1 Å². The Bertz CT molecular complexity index is 856. The fourth-order valence-electron chi connectivity index (χ4n) is 4.96. The van der Waals surface area contributed by atoms with Crippen LogP contribution in [0, 0.1) is 5.92 Å². The van der Waals surface area contributed by atoms with Crippen molar-refractivity contribution in [2.45, 2.75) is 95.9 Å². The van der Waals surface area contributed by atoms with Gasteiger partial charge in [0, 0.05) is 43.5 Å². The van der Waals surface area contributed by atoms with Crippen LogP contribution in [0.3, 0.4) is 0 Å². The first-order chi connectivity index (χ1) is 15.7. The van der Waals surface area contributed by atoms with Gasteiger partial charge in [-0.25, -0.2) is 0 Å². The van der Waals surface area contributed by atoms with Gasteiger partial charge in [0.15, 0.2) is 14.6 Å². The predicted octanol–water partition coefficient (Wildman–Crippen LogP) is 6.26. The highest BCUT2D eigenvalue weighted by atomic mass is 28.4. The summed E-state index contributed by atoms with van der Waals surface area (Å²) in [4.78, 5) is 3.41. The Labute approximate surface area is 202 Å². The van der Waals surface area contributed by atoms with Crippen LogP contribution >= 0.6 is 0 Å². The van der Waals surface area contributed by atoms with E-state index in [-0.39, 0.29) is 11.3 Å². The SMILES string of the molecule is COC(CC[C@@H]1[C@@H](NCCc2c[nH]c3ccccc23)CCC[C@@H]1O[Si](C)(C)C(C)(C)C)OC. The molecule has 3 rings (SSSR count). The molecule has 6 heteroatoms. The molecule has 0 bridgehead atoms. The van der Waals surface area contributed by atoms with Crippen LogP contribution in [-0.2, 0) is 20.3 Å². The van der Waals surface area contributed by atoms with Crippen molar-refractivity contribution in [3.8, 4) is 0 Å². The van der Waals surface area contributed by atoms with Gasteiger partial charge in [0.2, 0.25) is 0 Å². The van der Waals surface area contributed by atoms with E-state index in [9.17, 15) is 0 Å². The number of aromatic nitrogens is 1. The number of para-hydroxylation sites is 1. The normalized spacial score (nSPS) is 22.4. The third kappa shape index (κ3) is 6.70. The number of ether oxygens (including phenoxy) is 2. The average molecular weight is 475 g/mol. The standard InChI is InChI=1S/C27H46N2O3Si/c1-27(2,3)33(6,7)32-25-14-10-13-24(22(25)15-16-26(30-4)31-5)28-18-17-20-19-29-23-12-9-8-11-21(20)23/h8-9,11-12,19,22,24-26,28-29H,10,13-18H2,1-7H3/t22-,24+,25+/m1/s1. The lowest BCUT2D eigenvalue weighted by Gasteiger charge is -2.46. The molecule has 3 atom stereocenters. The number of H-pyrrole nitrogens is 1. The molecule has 1 fully saturated rings. The molecule has 0 amide bonds. The van der Waals surface area contributed by atoms with Gasteiger partial charge in [0.25, 0.3) is 0 Å². The first kappa shape index (κ1) is 26.4. The fourth-order valence-corrected chi connectivity index (χ4v) is 6.36. The lowest BCUT2D eigenvalue weighted by molar-refractivity contribution is -0.112. The number of aromatic amines is 1. The molecule has 0 unspecified atom stereocenters. The van der Waals surface area contributed by atoms with Crippen molar-refractivity contribution in [1.29, 1.82) is 0 Å². The highest BCUT2D eigenvalue weighted by Gasteiger charge is 2.43. The third-order valence-corrected chi connectivity index (χ3v) is 12.5. The molecule has 2 aromatic rings. The number of methoxy groups -OCH3 is 2. The molecule has 0 spiro atoms. The van der Waals surface area contributed by atoms with Crippen molar-refractivity contribution in [3.63, 3.8) is 0 Å². The number of hydrogen-bond donors (Lipinski definition) is 2. The maximum absolute atomic E-state index is 7.01. The van der Waals surface area contributed by atoms with Gasteiger partial charge in [-0.1, -0.05) is 39.0 Å². The number of fused-ring (bicyclic) bond motifs is 1. The summed E-state index contributed by atoms with van der Waals surface area (Å²) in [6.45, 7) is 12.7. The summed E-state index contributed by atoms with van der Waals surface area (Å²) in [5.74, 6) is 0.476. The van der Waals surface area contributed by atoms with Crippen LogP contribution in [0.15, 0.2) is 30.5 Å². The lowest BCUT2D eigenvalue weighted by Crippen LogP contribution is -2.52. The van der Waals surface area contributed by atoms with Gasteiger partial charge < -0.3 is 24.2 Å². The van der Waals surface area contributed by atoms with E-state index in [1.807, 2.05) is 0 Å². The Kier molecular flexibility index (Phi) is 9.21. The molecular weight excluding hydrogens is 428 g/mol. The monoisotopic (exact) mass is 474 g/mol. The first-order valence-corrected chi connectivity index (χ1v) is 15.6. The van der Waals surface area contributed by atoms with Crippen LogP contribution in [0.5, 0.6) is 0 Å². The second kappa shape index (κ2) is 11.5. The van der Waals surface area contributed by atoms with Crippen molar-refractivity contribution >= 4 is 19.2 Å². The summed E-state index contributed by atoms with van der Waals surface area (Å²) >= 11 is 0. The first-order valence-electron chi connectivity index (χ1n) is 12.7. The van der Waals surface area contributed by atoms with Gasteiger partial charge >= 0.3 is 0 Å². The molecule has 1 saturated carbocycles. The second-order valence-electron chi connectivity index (χ2n) is 11.2. The van der Waals surface area contributed by atoms with E-state index < -0.39 is 8.32 Å². The van der Waals surface area contributed by atoms with Crippen LogP contribution in [0.1, 0.15) is 58.4 Å². The highest BCUT2D eigenvalue weighted by Crippen LogP contribution is 2.41. The van der Waals surface area contributed by atoms with Crippen molar-refractivity contribution in [2.75, 3.05) is 20.8 Å². The molecule has 1 heterocycles. The summed E-state index contributed by atoms with van der Waals surface area (Å²) in [6, 6.07) is 9.03. The fraction of sp³-hybridized carbons (Fsp3) is 0.704. The Balaban J connectivity index is 1.68. The Morgan fingerprint density at radius 3 is 2.55 bits per heavy atom. The molecule has 33 heavy (non-hydrogen) atoms. The van der Waals surface area contributed by atoms with Gasteiger partial charge in [-0.2, -0.15) is 0 Å². The molecular formula is C27H46N2O3Si. The number of hydrogen-bond acceptors (Lipinski definition) is 4. The van der Waals surface area contributed by atoms with E-state index in [1.165, 1.54) is 29.3 Å². The van der Waals surface area contributed by atoms with Gasteiger partial charge in [0.05, 0.1) is 0 Å². The third-order valence-electron chi connectivity index (χ3n) is 7.99. The quantitative estimate of drug-likeness (QED) is 0.298. The van der Waals surface area contributed by atoms with Gasteiger partial charge in [-0.05, 0) is 80.7 Å². The van der Waals surface area contributed by atoms with E-state index in [0.717, 1.165) is 32.2 Å². The Morgan fingerprint density at radius 2 is 1.85 bits per heavy atom. The smallest absolute Gasteiger partial charge is 0.192 e. The van der Waals surface area contributed by atoms with E-state index in [1.54, 1.807) is 14.2 Å². The Morgan fingerprint density at radius 1 is 1.12 bits per heavy atom. The predicted molar refractivity (Wildman–Crippen MR) is 140 cm³/mol. The molecule has 186 valence electrons. The van der Waals surface area contributed by atoms with Gasteiger partial charge in [-0.15, -0.1) is 0 Å². The minimum absolute atomic E-state index is 0.146. The van der Waals surface area contributed by atoms with E-state index in [4.69, 9.17) is 13.9 Å². The summed E-state index contributed by atoms with van der Waals surface area (Å²) in [7, 11) is 1.63. The van der Waals surface area contributed by atoms with Gasteiger partial charge in [0.1, 0.15) is 0 Å². The largest absolute Gasteiger partial charge is 0.414 e. The summed E-state index contributed by atoms with van der Waals surface area (Å²) in [5.41, 5.74) is 2.61. The van der Waals surface area contributed by atoms with E-state index in [2.05, 4.69) is 74.6 Å². The topological polar surface area (TPSA) is 55.5 Å². The summed E-state index contributed by atoms with van der Waals surface area (Å²) < 4.78 is 18.0. The zero-order chi connectivity index (χ0) is 24.1. The molecule has 1 aliphatic rings. The molecule has 5 nitrogen and oxygen atoms in total. The highest BCUT2D eigenvalue weighted by molar-refractivity contribution is 6.74. The van der Waals surface area contributed by atoms with Crippen molar-refractivity contribution in [2.24, 2.45) is 5.92 Å². The number of rotatable bonds is 11. The minimum Gasteiger partial charge on any atom is -0.414 e. The van der Waals surface area contributed by atoms with Crippen LogP contribution in [0.4, 0.5) is 0 Å². The van der Waals surface area contributed by atoms with Crippen LogP contribution < -0.4 is 5.32 Å². The number of benzene rings is 1. The van der Waals surface area contributed by atoms with Crippen molar-refractivity contribution in [1.82, 2.24) is 10.3 Å². The summed E-state index contributed by atoms with van der Waals surface area (Å²) in [6.07, 6.45) is 8.88. The molecule has 0 saturated heterocycles. The molecule has 1 aromatic carbocycles. The molecule has 2 N–H and O–H groups in total. The maximum atomic E-state index is 7.01. The van der Waals surface area contributed by atoms with Crippen LogP contribution in [0.2, 0.25) is 18.1 Å². The maximum Gasteiger partial charge on any atom is 0.192 e. The molecule has 1 aromatic heterocycles. The van der Waals surface area contributed by atoms with Crippen LogP contribution in [0.25, 0.3) is 10.9 Å². The van der Waals surface area contributed by atoms with Gasteiger partial charge in [-0.3, -0.25) is 0 Å². The van der Waals surface area contributed by atoms with E-state index >= 15 is 0 Å². The minimum atomic E-state index is -1.84. The zero-order valence-electron chi connectivity index (χ0n) is 21.9. The number of nitrogens with one attached hydrogen (secondary N) is 2. The van der Waals surface area contributed by atoms with Crippen molar-refractivity contribution < 1.29 is 13.9 Å². The molecule has 0 radical (unpaired) electrons. The Hall–Kier alpha value is -1.18. The summed E-state index contributed by atoms with van der Waals surface area (Å²) in [5, 5.41) is 5.48. The molecule has 0 aliphatic heterocycles. The zero-order valence-corrected chi connectivity index (χ0v) is 22.9. The average Bonchev–Trinajstić information content (AvgIpc) is 3.18. The lowest BCUT2D eigenvalue weighted by atomic mass is 9.79. The van der Waals surface area contributed by atoms with Crippen LogP contribution in [-0.4, -0.2) is 52.5 Å².